The van der Waals surface area contributed by atoms with Gasteiger partial charge in [-0.25, -0.2) is 4.98 Å². The van der Waals surface area contributed by atoms with Crippen LogP contribution in [0.15, 0.2) is 30.6 Å². The zero-order valence-electron chi connectivity index (χ0n) is 9.63. The van der Waals surface area contributed by atoms with Crippen molar-refractivity contribution in [1.29, 1.82) is 0 Å². The van der Waals surface area contributed by atoms with E-state index in [0.717, 1.165) is 5.52 Å². The molecule has 3 nitrogen and oxygen atoms in total. The maximum atomic E-state index is 4.46. The molecule has 1 aliphatic rings. The van der Waals surface area contributed by atoms with Gasteiger partial charge in [-0.3, -0.25) is 0 Å². The lowest BCUT2D eigenvalue weighted by atomic mass is 10.1. The van der Waals surface area contributed by atoms with Crippen LogP contribution in [0.5, 0.6) is 0 Å². The molecule has 1 fully saturated rings. The molecule has 1 saturated heterocycles. The standard InChI is InChI=1S/C13H17N3/c1-15-8-6-11(7-9-15)16-10-14-12-4-2-3-5-13(12)16/h2-5,10-11H,6-9H2,1H3. The van der Waals surface area contributed by atoms with Crippen molar-refractivity contribution < 1.29 is 0 Å². The Morgan fingerprint density at radius 2 is 1.94 bits per heavy atom. The van der Waals surface area contributed by atoms with Crippen LogP contribution < -0.4 is 0 Å². The van der Waals surface area contributed by atoms with Gasteiger partial charge in [-0.1, -0.05) is 12.1 Å². The Balaban J connectivity index is 1.94. The van der Waals surface area contributed by atoms with Gasteiger partial charge >= 0.3 is 0 Å². The Labute approximate surface area is 95.7 Å². The maximum Gasteiger partial charge on any atom is 0.0960 e. The first kappa shape index (κ1) is 9.85. The summed E-state index contributed by atoms with van der Waals surface area (Å²) in [5.41, 5.74) is 2.39. The molecule has 0 spiro atoms. The number of imidazole rings is 1. The topological polar surface area (TPSA) is 21.1 Å². The number of benzene rings is 1. The smallest absolute Gasteiger partial charge is 0.0960 e. The van der Waals surface area contributed by atoms with Gasteiger partial charge in [0.2, 0.25) is 0 Å². The Kier molecular flexibility index (Phi) is 2.40. The highest BCUT2D eigenvalue weighted by atomic mass is 15.1. The zero-order valence-corrected chi connectivity index (χ0v) is 9.63. The van der Waals surface area contributed by atoms with Crippen molar-refractivity contribution in [3.05, 3.63) is 30.6 Å². The minimum Gasteiger partial charge on any atom is -0.327 e. The summed E-state index contributed by atoms with van der Waals surface area (Å²) >= 11 is 0. The molecule has 84 valence electrons. The number of likely N-dealkylation sites (tertiary alicyclic amines) is 1. The summed E-state index contributed by atoms with van der Waals surface area (Å²) < 4.78 is 2.35. The fourth-order valence-electron chi connectivity index (χ4n) is 2.54. The van der Waals surface area contributed by atoms with Crippen LogP contribution >= 0.6 is 0 Å². The first-order chi connectivity index (χ1) is 7.84. The average Bonchev–Trinajstić information content (AvgIpc) is 2.74. The molecule has 1 aliphatic heterocycles. The molecule has 0 atom stereocenters. The molecule has 0 unspecified atom stereocenters. The quantitative estimate of drug-likeness (QED) is 0.728. The number of fused-ring (bicyclic) bond motifs is 1. The summed E-state index contributed by atoms with van der Waals surface area (Å²) in [6.45, 7) is 2.38. The number of para-hydroxylation sites is 2. The van der Waals surface area contributed by atoms with Crippen molar-refractivity contribution in [2.45, 2.75) is 18.9 Å². The van der Waals surface area contributed by atoms with Crippen LogP contribution in [0.2, 0.25) is 0 Å². The largest absolute Gasteiger partial charge is 0.327 e. The Bertz CT molecular complexity index is 481. The fourth-order valence-corrected chi connectivity index (χ4v) is 2.54. The molecule has 0 radical (unpaired) electrons. The lowest BCUT2D eigenvalue weighted by Gasteiger charge is -2.30. The summed E-state index contributed by atoms with van der Waals surface area (Å²) in [5.74, 6) is 0. The molecular weight excluding hydrogens is 198 g/mol. The molecule has 16 heavy (non-hydrogen) atoms. The van der Waals surface area contributed by atoms with Gasteiger partial charge < -0.3 is 9.47 Å². The number of rotatable bonds is 1. The second-order valence-corrected chi connectivity index (χ2v) is 4.68. The van der Waals surface area contributed by atoms with E-state index in [0.29, 0.717) is 6.04 Å². The Morgan fingerprint density at radius 3 is 2.75 bits per heavy atom. The van der Waals surface area contributed by atoms with Crippen molar-refractivity contribution in [2.24, 2.45) is 0 Å². The third-order valence-electron chi connectivity index (χ3n) is 3.56. The lowest BCUT2D eigenvalue weighted by Crippen LogP contribution is -2.31. The molecule has 1 aromatic carbocycles. The van der Waals surface area contributed by atoms with Crippen molar-refractivity contribution in [1.82, 2.24) is 14.5 Å². The van der Waals surface area contributed by atoms with Crippen molar-refractivity contribution in [3.63, 3.8) is 0 Å². The van der Waals surface area contributed by atoms with Gasteiger partial charge in [-0.15, -0.1) is 0 Å². The van der Waals surface area contributed by atoms with Gasteiger partial charge in [0.05, 0.1) is 17.4 Å². The van der Waals surface area contributed by atoms with Crippen LogP contribution in [-0.2, 0) is 0 Å². The zero-order chi connectivity index (χ0) is 11.0. The Morgan fingerprint density at radius 1 is 1.19 bits per heavy atom. The van der Waals surface area contributed by atoms with E-state index >= 15 is 0 Å². The van der Waals surface area contributed by atoms with E-state index in [9.17, 15) is 0 Å². The first-order valence-electron chi connectivity index (χ1n) is 5.95. The van der Waals surface area contributed by atoms with E-state index in [1.54, 1.807) is 0 Å². The predicted octanol–water partition coefficient (Wildman–Crippen LogP) is 2.30. The number of hydrogen-bond acceptors (Lipinski definition) is 2. The van der Waals surface area contributed by atoms with Gasteiger partial charge in [0.1, 0.15) is 0 Å². The SMILES string of the molecule is CN1CCC(n2cnc3ccccc32)CC1. The van der Waals surface area contributed by atoms with E-state index in [4.69, 9.17) is 0 Å². The van der Waals surface area contributed by atoms with E-state index in [2.05, 4.69) is 39.7 Å². The second kappa shape index (κ2) is 3.91. The number of piperidine rings is 1. The molecule has 2 heterocycles. The number of hydrogen-bond donors (Lipinski definition) is 0. The van der Waals surface area contributed by atoms with Crippen LogP contribution in [0.3, 0.4) is 0 Å². The van der Waals surface area contributed by atoms with Crippen molar-refractivity contribution >= 4 is 11.0 Å². The predicted molar refractivity (Wildman–Crippen MR) is 65.5 cm³/mol. The molecule has 0 N–H and O–H groups in total. The molecule has 0 aliphatic carbocycles. The molecule has 0 amide bonds. The number of nitrogens with zero attached hydrogens (tertiary/aromatic N) is 3. The summed E-state index contributed by atoms with van der Waals surface area (Å²) in [6.07, 6.45) is 4.47. The van der Waals surface area contributed by atoms with Crippen molar-refractivity contribution in [2.75, 3.05) is 20.1 Å². The summed E-state index contributed by atoms with van der Waals surface area (Å²) in [5, 5.41) is 0. The highest BCUT2D eigenvalue weighted by Gasteiger charge is 2.19. The minimum atomic E-state index is 0.628. The fraction of sp³-hybridized carbons (Fsp3) is 0.462. The van der Waals surface area contributed by atoms with Crippen molar-refractivity contribution in [3.8, 4) is 0 Å². The van der Waals surface area contributed by atoms with Gasteiger partial charge in [0.25, 0.3) is 0 Å². The monoisotopic (exact) mass is 215 g/mol. The molecule has 3 rings (SSSR count). The molecular formula is C13H17N3. The summed E-state index contributed by atoms with van der Waals surface area (Å²) in [7, 11) is 2.20. The van der Waals surface area contributed by atoms with Gasteiger partial charge in [0, 0.05) is 6.04 Å². The number of aromatic nitrogens is 2. The molecule has 0 saturated carbocycles. The molecule has 0 bridgehead atoms. The molecule has 1 aromatic heterocycles. The average molecular weight is 215 g/mol. The molecule has 2 aromatic rings. The minimum absolute atomic E-state index is 0.628. The van der Waals surface area contributed by atoms with E-state index in [1.165, 1.54) is 31.4 Å². The van der Waals surface area contributed by atoms with Crippen LogP contribution in [0.4, 0.5) is 0 Å². The normalized spacial score (nSPS) is 19.3. The van der Waals surface area contributed by atoms with Crippen LogP contribution in [-0.4, -0.2) is 34.6 Å². The highest BCUT2D eigenvalue weighted by Crippen LogP contribution is 2.25. The Hall–Kier alpha value is -1.35. The third-order valence-corrected chi connectivity index (χ3v) is 3.56. The van der Waals surface area contributed by atoms with Gasteiger partial charge in [0.15, 0.2) is 0 Å². The lowest BCUT2D eigenvalue weighted by molar-refractivity contribution is 0.223. The first-order valence-corrected chi connectivity index (χ1v) is 5.95. The maximum absolute atomic E-state index is 4.46. The van der Waals surface area contributed by atoms with E-state index in [1.807, 2.05) is 12.4 Å². The molecule has 3 heteroatoms. The van der Waals surface area contributed by atoms with Crippen LogP contribution in [0, 0.1) is 0 Å². The van der Waals surface area contributed by atoms with Gasteiger partial charge in [-0.05, 0) is 45.1 Å². The van der Waals surface area contributed by atoms with Crippen LogP contribution in [0.1, 0.15) is 18.9 Å². The van der Waals surface area contributed by atoms with Crippen LogP contribution in [0.25, 0.3) is 11.0 Å². The highest BCUT2D eigenvalue weighted by molar-refractivity contribution is 5.75. The van der Waals surface area contributed by atoms with E-state index < -0.39 is 0 Å². The summed E-state index contributed by atoms with van der Waals surface area (Å²) in [4.78, 5) is 6.86. The third kappa shape index (κ3) is 1.61. The van der Waals surface area contributed by atoms with Gasteiger partial charge in [-0.2, -0.15) is 0 Å². The van der Waals surface area contributed by atoms with E-state index in [-0.39, 0.29) is 0 Å². The second-order valence-electron chi connectivity index (χ2n) is 4.68. The summed E-state index contributed by atoms with van der Waals surface area (Å²) in [6, 6.07) is 9.02.